The van der Waals surface area contributed by atoms with Gasteiger partial charge in [0.05, 0.1) is 17.2 Å². The number of anilines is 2. The summed E-state index contributed by atoms with van der Waals surface area (Å²) in [5.41, 5.74) is -0.175. The number of fused-ring (bicyclic) bond motifs is 1. The monoisotopic (exact) mass is 460 g/mol. The fourth-order valence-electron chi connectivity index (χ4n) is 3.19. The van der Waals surface area contributed by atoms with E-state index in [1.807, 2.05) is 0 Å². The van der Waals surface area contributed by atoms with Gasteiger partial charge in [0.15, 0.2) is 5.16 Å². The molecule has 0 radical (unpaired) electrons. The lowest BCUT2D eigenvalue weighted by Crippen LogP contribution is -2.36. The SMILES string of the molecule is O=C1C[C@H](C(=O)Nc2ccc(F)cc2F)c2c(nc(SCc3ccc(F)cc3)[nH]c2=O)N1. The van der Waals surface area contributed by atoms with Crippen molar-refractivity contribution in [3.8, 4) is 0 Å². The first-order chi connectivity index (χ1) is 15.3. The Morgan fingerprint density at radius 1 is 1.09 bits per heavy atom. The lowest BCUT2D eigenvalue weighted by atomic mass is 9.92. The van der Waals surface area contributed by atoms with Gasteiger partial charge in [0.25, 0.3) is 5.56 Å². The Kier molecular flexibility index (Phi) is 5.99. The van der Waals surface area contributed by atoms with Crippen molar-refractivity contribution in [1.82, 2.24) is 9.97 Å². The quantitative estimate of drug-likeness (QED) is 0.399. The summed E-state index contributed by atoms with van der Waals surface area (Å²) in [6.45, 7) is 0. The van der Waals surface area contributed by atoms with Crippen LogP contribution < -0.4 is 16.2 Å². The smallest absolute Gasteiger partial charge is 0.257 e. The molecule has 0 bridgehead atoms. The Bertz CT molecular complexity index is 1260. The van der Waals surface area contributed by atoms with E-state index in [4.69, 9.17) is 0 Å². The number of nitrogens with one attached hydrogen (secondary N) is 3. The van der Waals surface area contributed by atoms with E-state index >= 15 is 0 Å². The van der Waals surface area contributed by atoms with E-state index in [0.29, 0.717) is 11.8 Å². The molecule has 2 heterocycles. The average molecular weight is 460 g/mol. The number of benzene rings is 2. The largest absolute Gasteiger partial charge is 0.323 e. The number of thioether (sulfide) groups is 1. The molecule has 1 aliphatic rings. The van der Waals surface area contributed by atoms with E-state index in [0.717, 1.165) is 29.5 Å². The van der Waals surface area contributed by atoms with Gasteiger partial charge in [-0.2, -0.15) is 0 Å². The number of aromatic nitrogens is 2. The zero-order valence-electron chi connectivity index (χ0n) is 16.2. The summed E-state index contributed by atoms with van der Waals surface area (Å²) in [6.07, 6.45) is -0.339. The molecule has 0 spiro atoms. The standard InChI is InChI=1S/C21H15F3N4O3S/c22-11-3-1-10(2-4-11)9-32-21-27-18-17(20(31)28-21)13(8-16(29)26-18)19(30)25-15-6-5-12(23)7-14(15)24/h1-7,13H,8-9H2,(H,25,30)(H2,26,27,28,29,31)/t13-/m0/s1. The van der Waals surface area contributed by atoms with Crippen LogP contribution in [-0.2, 0) is 15.3 Å². The Hall–Kier alpha value is -3.60. The summed E-state index contributed by atoms with van der Waals surface area (Å²) >= 11 is 1.16. The summed E-state index contributed by atoms with van der Waals surface area (Å²) < 4.78 is 40.0. The van der Waals surface area contributed by atoms with Crippen LogP contribution in [0.4, 0.5) is 24.7 Å². The summed E-state index contributed by atoms with van der Waals surface area (Å²) in [6, 6.07) is 8.43. The van der Waals surface area contributed by atoms with Gasteiger partial charge in [0, 0.05) is 18.2 Å². The van der Waals surface area contributed by atoms with Crippen LogP contribution in [0, 0.1) is 17.5 Å². The molecule has 4 rings (SSSR count). The van der Waals surface area contributed by atoms with Gasteiger partial charge < -0.3 is 15.6 Å². The topological polar surface area (TPSA) is 104 Å². The van der Waals surface area contributed by atoms with E-state index in [9.17, 15) is 27.6 Å². The van der Waals surface area contributed by atoms with Gasteiger partial charge in [0.2, 0.25) is 11.8 Å². The van der Waals surface area contributed by atoms with Crippen LogP contribution in [-0.4, -0.2) is 21.8 Å². The number of halogens is 3. The molecule has 164 valence electrons. The van der Waals surface area contributed by atoms with E-state index < -0.39 is 34.9 Å². The molecule has 7 nitrogen and oxygen atoms in total. The van der Waals surface area contributed by atoms with Gasteiger partial charge in [-0.15, -0.1) is 0 Å². The molecule has 0 unspecified atom stereocenters. The maximum absolute atomic E-state index is 13.9. The van der Waals surface area contributed by atoms with Crippen LogP contribution in [0.15, 0.2) is 52.4 Å². The van der Waals surface area contributed by atoms with Gasteiger partial charge in [-0.1, -0.05) is 23.9 Å². The average Bonchev–Trinajstić information content (AvgIpc) is 2.74. The Morgan fingerprint density at radius 3 is 2.53 bits per heavy atom. The van der Waals surface area contributed by atoms with Crippen LogP contribution in [0.2, 0.25) is 0 Å². The zero-order chi connectivity index (χ0) is 22.8. The van der Waals surface area contributed by atoms with Gasteiger partial charge in [-0.05, 0) is 29.8 Å². The lowest BCUT2D eigenvalue weighted by molar-refractivity contribution is -0.123. The maximum atomic E-state index is 13.9. The van der Waals surface area contributed by atoms with E-state index in [1.54, 1.807) is 12.1 Å². The lowest BCUT2D eigenvalue weighted by Gasteiger charge is -2.23. The summed E-state index contributed by atoms with van der Waals surface area (Å²) in [5, 5.41) is 4.96. The highest BCUT2D eigenvalue weighted by molar-refractivity contribution is 7.98. The number of hydrogen-bond donors (Lipinski definition) is 3. The highest BCUT2D eigenvalue weighted by Crippen LogP contribution is 2.31. The zero-order valence-corrected chi connectivity index (χ0v) is 17.1. The minimum absolute atomic E-state index is 0.0595. The van der Waals surface area contributed by atoms with Crippen molar-refractivity contribution >= 4 is 35.1 Å². The minimum Gasteiger partial charge on any atom is -0.323 e. The second-order valence-corrected chi connectivity index (χ2v) is 7.93. The van der Waals surface area contributed by atoms with Gasteiger partial charge >= 0.3 is 0 Å². The van der Waals surface area contributed by atoms with Crippen molar-refractivity contribution in [2.75, 3.05) is 10.6 Å². The fourth-order valence-corrected chi connectivity index (χ4v) is 4.00. The predicted molar refractivity (Wildman–Crippen MR) is 112 cm³/mol. The number of rotatable bonds is 5. The molecule has 32 heavy (non-hydrogen) atoms. The molecule has 0 aliphatic carbocycles. The molecule has 3 N–H and O–H groups in total. The number of H-pyrrole nitrogens is 1. The molecule has 3 aromatic rings. The van der Waals surface area contributed by atoms with E-state index in [2.05, 4.69) is 20.6 Å². The first kappa shape index (κ1) is 21.6. The maximum Gasteiger partial charge on any atom is 0.257 e. The fraction of sp³-hybridized carbons (Fsp3) is 0.143. The van der Waals surface area contributed by atoms with E-state index in [-0.39, 0.29) is 34.5 Å². The van der Waals surface area contributed by atoms with Crippen LogP contribution in [0.5, 0.6) is 0 Å². The normalized spacial score (nSPS) is 15.1. The molecule has 2 aromatic carbocycles. The second-order valence-electron chi connectivity index (χ2n) is 6.97. The Morgan fingerprint density at radius 2 is 1.81 bits per heavy atom. The van der Waals surface area contributed by atoms with Crippen molar-refractivity contribution in [1.29, 1.82) is 0 Å². The molecule has 1 atom stereocenters. The molecule has 1 aromatic heterocycles. The van der Waals surface area contributed by atoms with Crippen molar-refractivity contribution < 1.29 is 22.8 Å². The molecule has 0 saturated carbocycles. The number of hydrogen-bond acceptors (Lipinski definition) is 5. The van der Waals surface area contributed by atoms with Crippen molar-refractivity contribution in [2.45, 2.75) is 23.2 Å². The van der Waals surface area contributed by atoms with Crippen molar-refractivity contribution in [2.24, 2.45) is 0 Å². The van der Waals surface area contributed by atoms with E-state index in [1.165, 1.54) is 12.1 Å². The summed E-state index contributed by atoms with van der Waals surface area (Å²) in [7, 11) is 0. The molecular formula is C21H15F3N4O3S. The molecule has 11 heteroatoms. The third-order valence-electron chi connectivity index (χ3n) is 4.72. The number of carbonyl (C=O) groups excluding carboxylic acids is 2. The van der Waals surface area contributed by atoms with Gasteiger partial charge in [-0.3, -0.25) is 14.4 Å². The molecule has 1 aliphatic heterocycles. The number of aromatic amines is 1. The van der Waals surface area contributed by atoms with Gasteiger partial charge in [0.1, 0.15) is 23.3 Å². The second kappa shape index (κ2) is 8.87. The highest BCUT2D eigenvalue weighted by Gasteiger charge is 2.35. The molecule has 0 fully saturated rings. The number of amides is 2. The Labute approximate surface area is 183 Å². The molecular weight excluding hydrogens is 445 g/mol. The third kappa shape index (κ3) is 4.67. The first-order valence-electron chi connectivity index (χ1n) is 9.37. The van der Waals surface area contributed by atoms with Crippen LogP contribution in [0.3, 0.4) is 0 Å². The van der Waals surface area contributed by atoms with Crippen LogP contribution >= 0.6 is 11.8 Å². The number of carbonyl (C=O) groups is 2. The third-order valence-corrected chi connectivity index (χ3v) is 5.67. The van der Waals surface area contributed by atoms with Crippen LogP contribution in [0.25, 0.3) is 0 Å². The first-order valence-corrected chi connectivity index (χ1v) is 10.4. The van der Waals surface area contributed by atoms with Gasteiger partial charge in [-0.25, -0.2) is 18.2 Å². The van der Waals surface area contributed by atoms with Crippen molar-refractivity contribution in [3.05, 3.63) is 81.4 Å². The highest BCUT2D eigenvalue weighted by atomic mass is 32.2. The molecule has 2 amide bonds. The predicted octanol–water partition coefficient (Wildman–Crippen LogP) is 3.54. The summed E-state index contributed by atoms with van der Waals surface area (Å²) in [4.78, 5) is 44.4. The number of nitrogens with zero attached hydrogens (tertiary/aromatic N) is 1. The van der Waals surface area contributed by atoms with Crippen LogP contribution in [0.1, 0.15) is 23.5 Å². The Balaban J connectivity index is 1.57. The minimum atomic E-state index is -1.21. The summed E-state index contributed by atoms with van der Waals surface area (Å²) in [5.74, 6) is -4.40. The van der Waals surface area contributed by atoms with Crippen molar-refractivity contribution in [3.63, 3.8) is 0 Å². The molecule has 0 saturated heterocycles.